The molecule has 0 aromatic heterocycles. The smallest absolute Gasteiger partial charge is 0.243 e. The molecule has 2 atom stereocenters. The van der Waals surface area contributed by atoms with Crippen LogP contribution in [0.2, 0.25) is 0 Å². The fourth-order valence-corrected chi connectivity index (χ4v) is 4.44. The molecule has 226 valence electrons. The van der Waals surface area contributed by atoms with Crippen molar-refractivity contribution >= 4 is 11.8 Å². The van der Waals surface area contributed by atoms with Gasteiger partial charge in [-0.3, -0.25) is 14.4 Å². The minimum atomic E-state index is -0.0416. The Morgan fingerprint density at radius 2 is 1.05 bits per heavy atom. The SMILES string of the molecule is COCCOCCNC(=O)CCCCCCC(C)CCCCC(C)CCCCCCC(=O)NOCCOC. The molecule has 2 unspecified atom stereocenters. The normalized spacial score (nSPS) is 12.8. The molecule has 0 aromatic rings. The minimum Gasteiger partial charge on any atom is -0.382 e. The number of ether oxygens (including phenoxy) is 3. The zero-order chi connectivity index (χ0) is 28.1. The molecule has 2 N–H and O–H groups in total. The average molecular weight is 545 g/mol. The van der Waals surface area contributed by atoms with E-state index in [9.17, 15) is 9.59 Å². The largest absolute Gasteiger partial charge is 0.382 e. The second kappa shape index (κ2) is 28.8. The van der Waals surface area contributed by atoms with Crippen molar-refractivity contribution in [1.29, 1.82) is 0 Å². The number of carbonyl (C=O) groups excluding carboxylic acids is 2. The van der Waals surface area contributed by atoms with E-state index in [0.717, 1.165) is 37.5 Å². The summed E-state index contributed by atoms with van der Waals surface area (Å²) < 4.78 is 15.1. The summed E-state index contributed by atoms with van der Waals surface area (Å²) in [7, 11) is 3.26. The number of unbranched alkanes of at least 4 members (excludes halogenated alkanes) is 7. The van der Waals surface area contributed by atoms with Gasteiger partial charge in [-0.05, 0) is 24.7 Å². The quantitative estimate of drug-likeness (QED) is 0.0889. The van der Waals surface area contributed by atoms with Crippen LogP contribution in [0, 0.1) is 11.8 Å². The molecule has 38 heavy (non-hydrogen) atoms. The summed E-state index contributed by atoms with van der Waals surface area (Å²) >= 11 is 0. The number of rotatable bonds is 29. The van der Waals surface area contributed by atoms with Crippen molar-refractivity contribution in [1.82, 2.24) is 10.8 Å². The van der Waals surface area contributed by atoms with E-state index in [1.54, 1.807) is 14.2 Å². The van der Waals surface area contributed by atoms with Gasteiger partial charge in [0, 0.05) is 33.6 Å². The monoisotopic (exact) mass is 544 g/mol. The molecular weight excluding hydrogens is 484 g/mol. The molecule has 0 rings (SSSR count). The fourth-order valence-electron chi connectivity index (χ4n) is 4.44. The van der Waals surface area contributed by atoms with Gasteiger partial charge in [-0.25, -0.2) is 5.48 Å². The maximum atomic E-state index is 11.8. The zero-order valence-electron chi connectivity index (χ0n) is 25.2. The average Bonchev–Trinajstić information content (AvgIpc) is 2.90. The lowest BCUT2D eigenvalue weighted by atomic mass is 9.93. The van der Waals surface area contributed by atoms with Gasteiger partial charge in [0.25, 0.3) is 0 Å². The highest BCUT2D eigenvalue weighted by Gasteiger charge is 2.06. The van der Waals surface area contributed by atoms with Crippen LogP contribution in [-0.2, 0) is 28.6 Å². The first-order chi connectivity index (χ1) is 18.5. The molecule has 0 heterocycles. The van der Waals surface area contributed by atoms with Gasteiger partial charge in [0.15, 0.2) is 0 Å². The molecular formula is C30H60N2O6. The van der Waals surface area contributed by atoms with Crippen molar-refractivity contribution in [2.75, 3.05) is 53.8 Å². The summed E-state index contributed by atoms with van der Waals surface area (Å²) in [4.78, 5) is 28.5. The Bertz CT molecular complexity index is 535. The number of hydrogen-bond donors (Lipinski definition) is 2. The number of nitrogens with one attached hydrogen (secondary N) is 2. The van der Waals surface area contributed by atoms with Crippen LogP contribution in [0.25, 0.3) is 0 Å². The van der Waals surface area contributed by atoms with Crippen molar-refractivity contribution in [2.24, 2.45) is 11.8 Å². The predicted octanol–water partition coefficient (Wildman–Crippen LogP) is 5.97. The Morgan fingerprint density at radius 1 is 0.579 bits per heavy atom. The van der Waals surface area contributed by atoms with Crippen molar-refractivity contribution in [3.05, 3.63) is 0 Å². The highest BCUT2D eigenvalue weighted by molar-refractivity contribution is 5.75. The first-order valence-electron chi connectivity index (χ1n) is 15.2. The maximum Gasteiger partial charge on any atom is 0.243 e. The molecule has 0 spiro atoms. The molecule has 0 bridgehead atoms. The maximum absolute atomic E-state index is 11.8. The number of hydrogen-bond acceptors (Lipinski definition) is 6. The first-order valence-corrected chi connectivity index (χ1v) is 15.2. The van der Waals surface area contributed by atoms with E-state index >= 15 is 0 Å². The van der Waals surface area contributed by atoms with Gasteiger partial charge < -0.3 is 19.5 Å². The van der Waals surface area contributed by atoms with E-state index in [0.29, 0.717) is 52.4 Å². The van der Waals surface area contributed by atoms with Gasteiger partial charge in [0.1, 0.15) is 0 Å². The summed E-state index contributed by atoms with van der Waals surface area (Å²) in [5, 5.41) is 2.91. The summed E-state index contributed by atoms with van der Waals surface area (Å²) in [6, 6.07) is 0. The molecule has 8 heteroatoms. The fraction of sp³-hybridized carbons (Fsp3) is 0.933. The van der Waals surface area contributed by atoms with E-state index in [4.69, 9.17) is 19.0 Å². The van der Waals surface area contributed by atoms with Crippen LogP contribution < -0.4 is 10.8 Å². The summed E-state index contributed by atoms with van der Waals surface area (Å²) in [6.07, 6.45) is 18.2. The third-order valence-electron chi connectivity index (χ3n) is 6.92. The predicted molar refractivity (Wildman–Crippen MR) is 154 cm³/mol. The third-order valence-corrected chi connectivity index (χ3v) is 6.92. The Kier molecular flexibility index (Phi) is 27.9. The molecule has 0 aliphatic carbocycles. The lowest BCUT2D eigenvalue weighted by Crippen LogP contribution is -2.27. The molecule has 0 fully saturated rings. The Hall–Kier alpha value is -1.22. The lowest BCUT2D eigenvalue weighted by Gasteiger charge is -2.14. The second-order valence-electron chi connectivity index (χ2n) is 10.7. The first kappa shape index (κ1) is 36.8. The summed E-state index contributed by atoms with van der Waals surface area (Å²) in [6.45, 7) is 7.91. The van der Waals surface area contributed by atoms with Crippen LogP contribution in [0.1, 0.15) is 117 Å². The van der Waals surface area contributed by atoms with E-state index in [1.807, 2.05) is 0 Å². The Labute approximate surface area is 233 Å². The van der Waals surface area contributed by atoms with Gasteiger partial charge in [-0.2, -0.15) is 0 Å². The Balaban J connectivity index is 3.42. The van der Waals surface area contributed by atoms with E-state index in [-0.39, 0.29) is 11.8 Å². The number of amides is 2. The van der Waals surface area contributed by atoms with Crippen LogP contribution in [0.4, 0.5) is 0 Å². The van der Waals surface area contributed by atoms with Gasteiger partial charge in [-0.1, -0.05) is 90.9 Å². The lowest BCUT2D eigenvalue weighted by molar-refractivity contribution is -0.134. The molecule has 0 radical (unpaired) electrons. The molecule has 2 amide bonds. The van der Waals surface area contributed by atoms with Gasteiger partial charge in [0.05, 0.1) is 33.0 Å². The highest BCUT2D eigenvalue weighted by Crippen LogP contribution is 2.21. The standard InChI is InChI=1S/C30H60N2O6/c1-27(15-9-5-7-11-19-29(33)31-21-22-37-25-23-35-3)17-13-14-18-28(2)16-10-6-8-12-20-30(34)32-38-26-24-36-4/h27-28H,5-26H2,1-4H3,(H,31,33)(H,32,34). The number of hydroxylamine groups is 1. The van der Waals surface area contributed by atoms with Crippen LogP contribution >= 0.6 is 0 Å². The topological polar surface area (TPSA) is 95.1 Å². The van der Waals surface area contributed by atoms with Gasteiger partial charge in [-0.15, -0.1) is 0 Å². The molecule has 0 aromatic carbocycles. The van der Waals surface area contributed by atoms with Crippen LogP contribution in [0.15, 0.2) is 0 Å². The van der Waals surface area contributed by atoms with Gasteiger partial charge in [0.2, 0.25) is 11.8 Å². The van der Waals surface area contributed by atoms with E-state index in [1.165, 1.54) is 64.2 Å². The zero-order valence-corrected chi connectivity index (χ0v) is 25.2. The minimum absolute atomic E-state index is 0.0416. The molecule has 0 saturated heterocycles. The van der Waals surface area contributed by atoms with E-state index in [2.05, 4.69) is 24.6 Å². The summed E-state index contributed by atoms with van der Waals surface area (Å²) in [5.41, 5.74) is 2.46. The summed E-state index contributed by atoms with van der Waals surface area (Å²) in [5.74, 6) is 1.69. The van der Waals surface area contributed by atoms with Crippen LogP contribution in [0.5, 0.6) is 0 Å². The van der Waals surface area contributed by atoms with Crippen molar-refractivity contribution in [3.8, 4) is 0 Å². The molecule has 0 saturated carbocycles. The van der Waals surface area contributed by atoms with E-state index < -0.39 is 0 Å². The number of carbonyl (C=O) groups is 2. The molecule has 0 aliphatic rings. The van der Waals surface area contributed by atoms with Crippen molar-refractivity contribution < 1.29 is 28.6 Å². The van der Waals surface area contributed by atoms with Crippen molar-refractivity contribution in [2.45, 2.75) is 117 Å². The van der Waals surface area contributed by atoms with Crippen LogP contribution in [-0.4, -0.2) is 65.6 Å². The molecule has 0 aliphatic heterocycles. The number of methoxy groups -OCH3 is 2. The van der Waals surface area contributed by atoms with Crippen molar-refractivity contribution in [3.63, 3.8) is 0 Å². The molecule has 8 nitrogen and oxygen atoms in total. The second-order valence-corrected chi connectivity index (χ2v) is 10.7. The van der Waals surface area contributed by atoms with Crippen LogP contribution in [0.3, 0.4) is 0 Å². The Morgan fingerprint density at radius 3 is 1.61 bits per heavy atom. The highest BCUT2D eigenvalue weighted by atomic mass is 16.7. The van der Waals surface area contributed by atoms with Gasteiger partial charge >= 0.3 is 0 Å². The third kappa shape index (κ3) is 27.8.